The first kappa shape index (κ1) is 12.0. The smallest absolute Gasteiger partial charge is 0.133 e. The van der Waals surface area contributed by atoms with E-state index in [0.717, 1.165) is 18.4 Å². The van der Waals surface area contributed by atoms with Gasteiger partial charge in [0.25, 0.3) is 0 Å². The summed E-state index contributed by atoms with van der Waals surface area (Å²) < 4.78 is 16.9. The van der Waals surface area contributed by atoms with E-state index in [9.17, 15) is 4.39 Å². The molecule has 0 amide bonds. The number of nitrogens with one attached hydrogen (secondary N) is 1. The van der Waals surface area contributed by atoms with Crippen LogP contribution in [0.15, 0.2) is 30.4 Å². The zero-order valence-electron chi connectivity index (χ0n) is 9.66. The minimum atomic E-state index is -0.242. The summed E-state index contributed by atoms with van der Waals surface area (Å²) >= 11 is 1.39. The molecular formula is C13H15FN2S. The fraction of sp³-hybridized carbons (Fsp3) is 0.231. The van der Waals surface area contributed by atoms with Gasteiger partial charge in [-0.05, 0) is 24.5 Å². The maximum absolute atomic E-state index is 14.0. The molecule has 0 atom stereocenters. The molecule has 1 aromatic carbocycles. The predicted molar refractivity (Wildman–Crippen MR) is 74.3 cm³/mol. The highest BCUT2D eigenvalue weighted by Crippen LogP contribution is 2.30. The second-order valence-electron chi connectivity index (χ2n) is 3.86. The Morgan fingerprint density at radius 2 is 2.18 bits per heavy atom. The van der Waals surface area contributed by atoms with Crippen LogP contribution in [0.25, 0.3) is 5.57 Å². The average molecular weight is 250 g/mol. The second kappa shape index (κ2) is 5.27. The third-order valence-corrected chi connectivity index (χ3v) is 3.08. The SMILES string of the molecule is CSNc1cc(F)c(C2=CCCC=C2)cc1N. The van der Waals surface area contributed by atoms with Crippen molar-refractivity contribution in [2.24, 2.45) is 0 Å². The van der Waals surface area contributed by atoms with Gasteiger partial charge < -0.3 is 10.5 Å². The van der Waals surface area contributed by atoms with Gasteiger partial charge in [-0.2, -0.15) is 0 Å². The highest BCUT2D eigenvalue weighted by molar-refractivity contribution is 7.99. The summed E-state index contributed by atoms with van der Waals surface area (Å²) in [5.74, 6) is -0.242. The lowest BCUT2D eigenvalue weighted by molar-refractivity contribution is 0.625. The predicted octanol–water partition coefficient (Wildman–Crippen LogP) is 3.83. The van der Waals surface area contributed by atoms with Gasteiger partial charge in [-0.25, -0.2) is 4.39 Å². The molecule has 0 unspecified atom stereocenters. The van der Waals surface area contributed by atoms with E-state index in [1.54, 1.807) is 6.07 Å². The van der Waals surface area contributed by atoms with E-state index in [2.05, 4.69) is 10.8 Å². The van der Waals surface area contributed by atoms with Crippen molar-refractivity contribution in [1.29, 1.82) is 0 Å². The summed E-state index contributed by atoms with van der Waals surface area (Å²) in [6.45, 7) is 0. The second-order valence-corrected chi connectivity index (χ2v) is 4.48. The largest absolute Gasteiger partial charge is 0.397 e. The van der Waals surface area contributed by atoms with Gasteiger partial charge in [0.1, 0.15) is 5.82 Å². The van der Waals surface area contributed by atoms with Crippen LogP contribution in [0.4, 0.5) is 15.8 Å². The first-order valence-corrected chi connectivity index (χ1v) is 6.70. The van der Waals surface area contributed by atoms with Crippen molar-refractivity contribution < 1.29 is 4.39 Å². The van der Waals surface area contributed by atoms with E-state index >= 15 is 0 Å². The van der Waals surface area contributed by atoms with Gasteiger partial charge in [-0.3, -0.25) is 0 Å². The maximum atomic E-state index is 14.0. The number of hydrogen-bond acceptors (Lipinski definition) is 3. The molecule has 0 spiro atoms. The van der Waals surface area contributed by atoms with Crippen LogP contribution in [-0.2, 0) is 0 Å². The van der Waals surface area contributed by atoms with Gasteiger partial charge in [-0.15, -0.1) is 0 Å². The first-order chi connectivity index (χ1) is 8.22. The molecule has 1 aliphatic carbocycles. The Kier molecular flexibility index (Phi) is 3.74. The van der Waals surface area contributed by atoms with Crippen LogP contribution in [0.3, 0.4) is 0 Å². The molecule has 17 heavy (non-hydrogen) atoms. The van der Waals surface area contributed by atoms with E-state index < -0.39 is 0 Å². The molecule has 4 heteroatoms. The molecule has 0 aliphatic heterocycles. The molecular weight excluding hydrogens is 235 g/mol. The van der Waals surface area contributed by atoms with Crippen LogP contribution in [0.2, 0.25) is 0 Å². The molecule has 0 aromatic heterocycles. The van der Waals surface area contributed by atoms with Crippen molar-refractivity contribution in [3.05, 3.63) is 41.7 Å². The van der Waals surface area contributed by atoms with E-state index in [1.807, 2.05) is 18.4 Å². The number of benzene rings is 1. The number of halogens is 1. The first-order valence-electron chi connectivity index (χ1n) is 5.47. The highest BCUT2D eigenvalue weighted by atomic mass is 32.2. The number of rotatable bonds is 3. The van der Waals surface area contributed by atoms with Crippen molar-refractivity contribution >= 4 is 28.9 Å². The van der Waals surface area contributed by atoms with E-state index in [1.165, 1.54) is 18.0 Å². The van der Waals surface area contributed by atoms with Crippen LogP contribution >= 0.6 is 11.9 Å². The van der Waals surface area contributed by atoms with Crippen LogP contribution < -0.4 is 10.5 Å². The third kappa shape index (κ3) is 2.64. The molecule has 0 heterocycles. The molecule has 1 aliphatic rings. The highest BCUT2D eigenvalue weighted by Gasteiger charge is 2.11. The lowest BCUT2D eigenvalue weighted by Crippen LogP contribution is -1.99. The maximum Gasteiger partial charge on any atom is 0.133 e. The van der Waals surface area contributed by atoms with Crippen molar-refractivity contribution in [2.75, 3.05) is 16.7 Å². The molecule has 1 aromatic rings. The number of hydrogen-bond donors (Lipinski definition) is 2. The fourth-order valence-electron chi connectivity index (χ4n) is 1.82. The van der Waals surface area contributed by atoms with Crippen LogP contribution in [0.5, 0.6) is 0 Å². The average Bonchev–Trinajstić information content (AvgIpc) is 2.35. The van der Waals surface area contributed by atoms with Crippen molar-refractivity contribution in [3.8, 4) is 0 Å². The number of nitrogens with two attached hydrogens (primary N) is 1. The van der Waals surface area contributed by atoms with Gasteiger partial charge in [-0.1, -0.05) is 30.2 Å². The summed E-state index contributed by atoms with van der Waals surface area (Å²) in [5.41, 5.74) is 8.57. The zero-order chi connectivity index (χ0) is 12.3. The Balaban J connectivity index is 2.39. The minimum absolute atomic E-state index is 0.242. The zero-order valence-corrected chi connectivity index (χ0v) is 10.5. The summed E-state index contributed by atoms with van der Waals surface area (Å²) in [6, 6.07) is 3.14. The number of nitrogen functional groups attached to an aromatic ring is 1. The molecule has 0 saturated heterocycles. The standard InChI is InChI=1S/C13H15FN2S/c1-17-16-13-8-11(14)10(7-12(13)15)9-5-3-2-4-6-9/h3,5-8,16H,2,4,15H2,1H3. The number of allylic oxidation sites excluding steroid dienone is 4. The molecule has 0 fully saturated rings. The lowest BCUT2D eigenvalue weighted by atomic mass is 9.98. The summed E-state index contributed by atoms with van der Waals surface area (Å²) in [7, 11) is 0. The molecule has 0 radical (unpaired) electrons. The van der Waals surface area contributed by atoms with Gasteiger partial charge in [0.05, 0.1) is 11.4 Å². The molecule has 2 nitrogen and oxygen atoms in total. The monoisotopic (exact) mass is 250 g/mol. The van der Waals surface area contributed by atoms with Gasteiger partial charge in [0.2, 0.25) is 0 Å². The Morgan fingerprint density at radius 1 is 1.35 bits per heavy atom. The molecule has 2 rings (SSSR count). The number of anilines is 2. The molecule has 90 valence electrons. The summed E-state index contributed by atoms with van der Waals surface area (Å²) in [6.07, 6.45) is 9.89. The Bertz CT molecular complexity index is 481. The topological polar surface area (TPSA) is 38.0 Å². The summed E-state index contributed by atoms with van der Waals surface area (Å²) in [5, 5.41) is 0. The Hall–Kier alpha value is -1.42. The van der Waals surface area contributed by atoms with Gasteiger partial charge in [0.15, 0.2) is 0 Å². The van der Waals surface area contributed by atoms with Crippen molar-refractivity contribution in [2.45, 2.75) is 12.8 Å². The molecule has 0 saturated carbocycles. The molecule has 3 N–H and O–H groups in total. The van der Waals surface area contributed by atoms with Crippen molar-refractivity contribution in [1.82, 2.24) is 0 Å². The Labute approximate surface area is 105 Å². The fourth-order valence-corrected chi connectivity index (χ4v) is 2.22. The quantitative estimate of drug-likeness (QED) is 0.632. The minimum Gasteiger partial charge on any atom is -0.397 e. The third-order valence-electron chi connectivity index (χ3n) is 2.66. The lowest BCUT2D eigenvalue weighted by Gasteiger charge is -2.12. The summed E-state index contributed by atoms with van der Waals surface area (Å²) in [4.78, 5) is 0. The van der Waals surface area contributed by atoms with Gasteiger partial charge in [0, 0.05) is 17.9 Å². The van der Waals surface area contributed by atoms with E-state index in [0.29, 0.717) is 16.9 Å². The Morgan fingerprint density at radius 3 is 2.82 bits per heavy atom. The van der Waals surface area contributed by atoms with Gasteiger partial charge >= 0.3 is 0 Å². The van der Waals surface area contributed by atoms with Crippen LogP contribution in [0.1, 0.15) is 18.4 Å². The van der Waals surface area contributed by atoms with E-state index in [4.69, 9.17) is 5.73 Å². The van der Waals surface area contributed by atoms with Crippen molar-refractivity contribution in [3.63, 3.8) is 0 Å². The normalized spacial score (nSPS) is 14.6. The van der Waals surface area contributed by atoms with E-state index in [-0.39, 0.29) is 5.82 Å². The van der Waals surface area contributed by atoms with Crippen LogP contribution in [0, 0.1) is 5.82 Å². The van der Waals surface area contributed by atoms with Crippen LogP contribution in [-0.4, -0.2) is 6.26 Å². The molecule has 0 bridgehead atoms.